The number of hydrogen-bond donors (Lipinski definition) is 32. The normalized spacial score (nSPS) is 43.6. The highest BCUT2D eigenvalue weighted by Crippen LogP contribution is 2.43. The molecule has 776 valence electrons. The molecule has 134 heavy (non-hydrogen) atoms. The highest BCUT2D eigenvalue weighted by atomic mass is 32.3. The third-order valence-corrected chi connectivity index (χ3v) is 23.8. The van der Waals surface area contributed by atoms with Crippen molar-refractivity contribution in [3.63, 3.8) is 0 Å². The molecule has 67 heteroatoms. The van der Waals surface area contributed by atoms with E-state index in [1.165, 1.54) is 0 Å². The smallest absolute Gasteiger partial charge is 0.397 e. The van der Waals surface area contributed by atoms with Crippen LogP contribution in [0.4, 0.5) is 0 Å². The van der Waals surface area contributed by atoms with Crippen LogP contribution < -0.4 is 26.6 Å². The minimum Gasteiger partial charge on any atom is -0.477 e. The number of carbonyl (C=O) groups is 6. The lowest BCUT2D eigenvalue weighted by Gasteiger charge is -2.51. The van der Waals surface area contributed by atoms with E-state index in [1.54, 1.807) is 0 Å². The number of aliphatic hydroxyl groups excluding tert-OH is 23. The van der Waals surface area contributed by atoms with Gasteiger partial charge in [0.25, 0.3) is 5.79 Å². The Morgan fingerprint density at radius 1 is 0.351 bits per heavy atom. The molecule has 46 atom stereocenters. The van der Waals surface area contributed by atoms with Crippen LogP contribution >= 0.6 is 0 Å². The Balaban J connectivity index is 0.980. The first-order chi connectivity index (χ1) is 62.6. The van der Waals surface area contributed by atoms with Gasteiger partial charge in [-0.3, -0.25) is 37.6 Å². The molecular weight excluding hydrogens is 1910 g/mol. The molecule has 9 aliphatic rings. The standard InChI is InChI=1S/C67H111N5O59S3/c1-16(80)68-32-42(93)49(123-63-46(97)55(39(90)24(9-76)117-63)128-60-34(70-18(3)82)44(95)51(29(122-60)15-114-134(109,110)111)125-65-48(99)57(41(92)26(11-78)119-65)131-67(66(101)102)5-20(84)31(72-30(86)12-79)53(130-67)36(87)21(85)6-73)27(13-112-132(103,104)105)120-59(32)127-54-38(89)23(8-75)116-62(45(54)96)124-50-28(14-113-133(106,107)108)121-61(33(43(50)94)69-17(2)81)129-56-40(91)25(10-77)118-64(47(56)98)126-52-35(71-19(4)83)58(100)115-22(7-74)37(52)88/h20-29,31-65,73-79,84-85,87-100H,5-15H2,1-4H3,(H,68,80)(H,69,81)(H,70,82)(H,71,83)(H,72,86)(H,101,102)(H,103,104,105)(H,106,107,108)(H,109,110,111)/t20-,21+,22+,23+,24+,25+,26+,27+,28+,29+,31+,32+,33+,34+,35+,36+,37-,38-,39-,40-,41-,42+,43+,44+,45+,46+,47+,48+,49+,50+,51+,52+,53+,54-,55-,56-,57-,58?,59-,60-,61-,62-,63-,64-,65-,67-/m0/s1. The van der Waals surface area contributed by atoms with Crippen molar-refractivity contribution in [2.24, 2.45) is 0 Å². The maximum atomic E-state index is 13.3. The molecule has 64 nitrogen and oxygen atoms in total. The van der Waals surface area contributed by atoms with Gasteiger partial charge in [0.1, 0.15) is 220 Å². The molecule has 9 rings (SSSR count). The number of carboxylic acid groups (broad SMARTS) is 1. The molecule has 0 bridgehead atoms. The number of aliphatic hydroxyl groups is 23. The summed E-state index contributed by atoms with van der Waals surface area (Å²) in [6.45, 7) is -10.2. The lowest BCUT2D eigenvalue weighted by Crippen LogP contribution is -2.71. The van der Waals surface area contributed by atoms with Crippen LogP contribution in [-0.2, 0) is 153 Å². The fraction of sp³-hybridized carbons (Fsp3) is 0.910. The highest BCUT2D eigenvalue weighted by molar-refractivity contribution is 7.81. The van der Waals surface area contributed by atoms with Gasteiger partial charge in [-0.05, 0) is 0 Å². The zero-order valence-electron chi connectivity index (χ0n) is 70.1. The number of amides is 5. The topological polar surface area (TPSA) is 996 Å². The monoisotopic (exact) mass is 2030 g/mol. The molecule has 0 saturated carbocycles. The summed E-state index contributed by atoms with van der Waals surface area (Å²) >= 11 is 0. The average Bonchev–Trinajstić information content (AvgIpc) is 0.749. The molecule has 0 spiro atoms. The Morgan fingerprint density at radius 2 is 0.627 bits per heavy atom. The number of nitrogens with one attached hydrogen (secondary N) is 5. The lowest BCUT2D eigenvalue weighted by molar-refractivity contribution is -0.391. The van der Waals surface area contributed by atoms with Gasteiger partial charge in [-0.2, -0.15) is 25.3 Å². The van der Waals surface area contributed by atoms with E-state index < -0.39 is 421 Å². The highest BCUT2D eigenvalue weighted by Gasteiger charge is 2.64. The Hall–Kier alpha value is -5.17. The van der Waals surface area contributed by atoms with Crippen molar-refractivity contribution in [3.05, 3.63) is 0 Å². The second-order valence-corrected chi connectivity index (χ2v) is 35.2. The summed E-state index contributed by atoms with van der Waals surface area (Å²) in [6, 6.07) is -10.4. The molecule has 9 heterocycles. The van der Waals surface area contributed by atoms with Crippen LogP contribution in [0.5, 0.6) is 0 Å². The lowest BCUT2D eigenvalue weighted by atomic mass is 9.88. The van der Waals surface area contributed by atoms with E-state index in [1.807, 2.05) is 5.32 Å². The number of carboxylic acids is 1. The molecule has 9 aliphatic heterocycles. The van der Waals surface area contributed by atoms with Crippen LogP contribution in [0, 0.1) is 0 Å². The summed E-state index contributed by atoms with van der Waals surface area (Å²) in [5.41, 5.74) is 0. The Kier molecular flexibility index (Phi) is 39.9. The molecule has 0 radical (unpaired) electrons. The van der Waals surface area contributed by atoms with Crippen molar-refractivity contribution in [1.29, 1.82) is 0 Å². The molecular formula is C67H111N5O59S3. The summed E-state index contributed by atoms with van der Waals surface area (Å²) in [5, 5.41) is 280. The number of hydrogen-bond acceptors (Lipinski definition) is 55. The molecule has 9 saturated heterocycles. The van der Waals surface area contributed by atoms with Crippen LogP contribution in [0.2, 0.25) is 0 Å². The largest absolute Gasteiger partial charge is 0.477 e. The van der Waals surface area contributed by atoms with Crippen molar-refractivity contribution in [2.45, 2.75) is 316 Å². The summed E-state index contributed by atoms with van der Waals surface area (Å²) in [4.78, 5) is 77.2. The van der Waals surface area contributed by atoms with E-state index in [2.05, 4.69) is 33.8 Å². The number of rotatable bonds is 40. The van der Waals surface area contributed by atoms with Gasteiger partial charge in [0.15, 0.2) is 50.3 Å². The first-order valence-electron chi connectivity index (χ1n) is 40.4. The van der Waals surface area contributed by atoms with Gasteiger partial charge in [-0.15, -0.1) is 0 Å². The van der Waals surface area contributed by atoms with Gasteiger partial charge in [-0.1, -0.05) is 0 Å². The predicted molar refractivity (Wildman–Crippen MR) is 405 cm³/mol. The number of carbonyl (C=O) groups excluding carboxylic acids is 5. The number of ether oxygens (including phenoxy) is 17. The van der Waals surface area contributed by atoms with Gasteiger partial charge < -0.3 is 230 Å². The van der Waals surface area contributed by atoms with E-state index in [9.17, 15) is 190 Å². The zero-order chi connectivity index (χ0) is 99.9. The molecule has 5 amide bonds. The molecule has 0 aliphatic carbocycles. The first-order valence-corrected chi connectivity index (χ1v) is 44.5. The third kappa shape index (κ3) is 27.2. The second kappa shape index (κ2) is 47.6. The third-order valence-electron chi connectivity index (χ3n) is 22.5. The zero-order valence-corrected chi connectivity index (χ0v) is 72.6. The van der Waals surface area contributed by atoms with Gasteiger partial charge in [0.2, 0.25) is 29.5 Å². The maximum Gasteiger partial charge on any atom is 0.397 e. The summed E-state index contributed by atoms with van der Waals surface area (Å²) < 4.78 is 215. The van der Waals surface area contributed by atoms with Gasteiger partial charge in [0.05, 0.1) is 71.6 Å². The van der Waals surface area contributed by atoms with Crippen molar-refractivity contribution >= 4 is 66.7 Å². The van der Waals surface area contributed by atoms with Gasteiger partial charge >= 0.3 is 37.2 Å². The first kappa shape index (κ1) is 112. The van der Waals surface area contributed by atoms with Crippen molar-refractivity contribution in [1.82, 2.24) is 26.6 Å². The predicted octanol–water partition coefficient (Wildman–Crippen LogP) is -22.2. The molecule has 0 aromatic heterocycles. The Bertz CT molecular complexity index is 4210. The molecule has 0 aromatic rings. The van der Waals surface area contributed by atoms with Crippen LogP contribution in [0.15, 0.2) is 0 Å². The van der Waals surface area contributed by atoms with Crippen molar-refractivity contribution in [2.75, 3.05) is 66.1 Å². The van der Waals surface area contributed by atoms with Crippen LogP contribution in [0.3, 0.4) is 0 Å². The number of aliphatic carboxylic acids is 1. The quantitative estimate of drug-likeness (QED) is 0.0253. The minimum absolute atomic E-state index is 0.767. The van der Waals surface area contributed by atoms with Gasteiger partial charge in [0, 0.05) is 34.1 Å². The van der Waals surface area contributed by atoms with E-state index in [-0.39, 0.29) is 0 Å². The SMILES string of the molecule is CC(=O)N[C@H]1[C@H](O[C@H]2[C@@H](O)[C@@H](CO)O[C@@H](O[C@H]3[C@H](O)[C@@H](NC(C)=O)[C@H](O[C@H]4[C@@H](O)[C@@H](CO)O[C@@H](O[C@H]5[C@@H](O)[C@@H](CO)OC(O)[C@@H]5NC(C)=O)[C@@H]4O)O[C@@H]3COS(=O)(=O)O)[C@@H]2O)O[C@H](COS(=O)(=O)O)[C@@H](O[C@@H]2O[C@H](CO)[C@H](O)[C@H](O[C@@H]3O[C@H](COS(=O)(=O)O)[C@@H](O[C@@H]4O[C@H](CO)[C@H](O)[C@H](O[C@]5(C(=O)O)C[C@H](O)[C@@H](NC(=O)CO)[C@H]([C@H](O)[C@H](O)CO)O5)[C@H]4O)[C@H](O)[C@H]3NC(C)=O)[C@H]2O)[C@@H]1O. The summed E-state index contributed by atoms with van der Waals surface area (Å²) in [6.07, 6.45) is -96.2. The second-order valence-electron chi connectivity index (χ2n) is 31.9. The van der Waals surface area contributed by atoms with Crippen LogP contribution in [0.25, 0.3) is 0 Å². The molecule has 0 aromatic carbocycles. The summed E-state index contributed by atoms with van der Waals surface area (Å²) in [7, 11) is -17.0. The van der Waals surface area contributed by atoms with E-state index in [4.69, 9.17) is 80.5 Å². The van der Waals surface area contributed by atoms with Gasteiger partial charge in [-0.25, -0.2) is 17.3 Å². The van der Waals surface area contributed by atoms with Crippen molar-refractivity contribution < 1.29 is 283 Å². The summed E-state index contributed by atoms with van der Waals surface area (Å²) in [5.74, 6) is -11.3. The fourth-order valence-electron chi connectivity index (χ4n) is 16.1. The van der Waals surface area contributed by atoms with Crippen LogP contribution in [0.1, 0.15) is 34.1 Å². The molecule has 32 N–H and O–H groups in total. The van der Waals surface area contributed by atoms with E-state index in [0.29, 0.717) is 0 Å². The van der Waals surface area contributed by atoms with E-state index >= 15 is 0 Å². The van der Waals surface area contributed by atoms with Crippen molar-refractivity contribution in [3.8, 4) is 0 Å². The van der Waals surface area contributed by atoms with Crippen LogP contribution in [-0.4, -0.2) is 545 Å². The minimum atomic E-state index is -5.70. The molecule has 1 unspecified atom stereocenters. The Morgan fingerprint density at radius 3 is 0.918 bits per heavy atom. The Labute approximate surface area is 755 Å². The maximum absolute atomic E-state index is 13.3. The molecule has 9 fully saturated rings. The fourth-order valence-corrected chi connectivity index (χ4v) is 17.0. The van der Waals surface area contributed by atoms with E-state index in [0.717, 1.165) is 27.7 Å². The average molecular weight is 2030 g/mol.